The van der Waals surface area contributed by atoms with Gasteiger partial charge in [-0.15, -0.1) is 11.3 Å². The summed E-state index contributed by atoms with van der Waals surface area (Å²) in [5, 5.41) is 7.29. The number of carbonyl (C=O) groups excluding carboxylic acids is 1. The van der Waals surface area contributed by atoms with Crippen molar-refractivity contribution in [2.75, 3.05) is 0 Å². The molecule has 0 bridgehead atoms. The van der Waals surface area contributed by atoms with Crippen LogP contribution >= 0.6 is 27.3 Å². The van der Waals surface area contributed by atoms with Gasteiger partial charge in [0.15, 0.2) is 10.7 Å². The number of benzene rings is 1. The van der Waals surface area contributed by atoms with Crippen molar-refractivity contribution in [3.63, 3.8) is 0 Å². The topological polar surface area (TPSA) is 84.7 Å². The third-order valence-electron chi connectivity index (χ3n) is 2.46. The standard InChI is InChI=1S/C11H7BrN4OS/c12-6-4-2-1-3-5(6)7-8-10(16-15-7)14-11(18-8)9(13)17/h1-4H,(H2,13,17)(H,15,16). The summed E-state index contributed by atoms with van der Waals surface area (Å²) in [5.41, 5.74) is 7.54. The number of hydrogen-bond acceptors (Lipinski definition) is 4. The first-order valence-electron chi connectivity index (χ1n) is 5.06. The van der Waals surface area contributed by atoms with Crippen molar-refractivity contribution >= 4 is 43.5 Å². The number of carbonyl (C=O) groups is 1. The summed E-state index contributed by atoms with van der Waals surface area (Å²) in [7, 11) is 0. The Morgan fingerprint density at radius 3 is 2.89 bits per heavy atom. The number of nitrogens with zero attached hydrogens (tertiary/aromatic N) is 2. The van der Waals surface area contributed by atoms with Gasteiger partial charge in [0.05, 0.1) is 5.69 Å². The molecule has 3 aromatic rings. The van der Waals surface area contributed by atoms with Crippen molar-refractivity contribution in [1.82, 2.24) is 15.2 Å². The number of amides is 1. The van der Waals surface area contributed by atoms with Gasteiger partial charge in [0.2, 0.25) is 0 Å². The van der Waals surface area contributed by atoms with Gasteiger partial charge in [0.25, 0.3) is 5.91 Å². The molecule has 1 aromatic carbocycles. The molecule has 0 atom stereocenters. The molecule has 0 radical (unpaired) electrons. The molecular formula is C11H7BrN4OS. The number of nitrogens with two attached hydrogens (primary N) is 1. The fourth-order valence-corrected chi connectivity index (χ4v) is 3.01. The summed E-state index contributed by atoms with van der Waals surface area (Å²) in [6.07, 6.45) is 0. The van der Waals surface area contributed by atoms with Crippen LogP contribution in [0.3, 0.4) is 0 Å². The van der Waals surface area contributed by atoms with Crippen LogP contribution in [-0.2, 0) is 0 Å². The van der Waals surface area contributed by atoms with Crippen LogP contribution in [0.5, 0.6) is 0 Å². The van der Waals surface area contributed by atoms with Crippen LogP contribution in [0.15, 0.2) is 28.7 Å². The second-order valence-corrected chi connectivity index (χ2v) is 5.47. The van der Waals surface area contributed by atoms with Gasteiger partial charge in [-0.2, -0.15) is 5.10 Å². The first-order chi connectivity index (χ1) is 8.66. The summed E-state index contributed by atoms with van der Waals surface area (Å²) in [6, 6.07) is 7.77. The fourth-order valence-electron chi connectivity index (χ4n) is 1.66. The third kappa shape index (κ3) is 1.72. The second-order valence-electron chi connectivity index (χ2n) is 3.61. The molecule has 90 valence electrons. The highest BCUT2D eigenvalue weighted by molar-refractivity contribution is 9.10. The van der Waals surface area contributed by atoms with E-state index in [1.54, 1.807) is 0 Å². The number of hydrogen-bond donors (Lipinski definition) is 2. The number of rotatable bonds is 2. The largest absolute Gasteiger partial charge is 0.364 e. The number of aromatic nitrogens is 3. The molecule has 0 fully saturated rings. The predicted octanol–water partition coefficient (Wildman–Crippen LogP) is 2.55. The van der Waals surface area contributed by atoms with Crippen LogP contribution in [0, 0.1) is 0 Å². The fraction of sp³-hybridized carbons (Fsp3) is 0. The van der Waals surface area contributed by atoms with Crippen LogP contribution in [0.1, 0.15) is 9.80 Å². The molecule has 0 saturated heterocycles. The molecule has 0 aliphatic heterocycles. The number of nitrogens with one attached hydrogen (secondary N) is 1. The van der Waals surface area contributed by atoms with E-state index in [-0.39, 0.29) is 5.01 Å². The number of primary amides is 1. The normalized spacial score (nSPS) is 10.9. The van der Waals surface area contributed by atoms with Gasteiger partial charge in [0, 0.05) is 10.0 Å². The lowest BCUT2D eigenvalue weighted by molar-refractivity contribution is 0.1000. The van der Waals surface area contributed by atoms with E-state index >= 15 is 0 Å². The number of H-pyrrole nitrogens is 1. The monoisotopic (exact) mass is 322 g/mol. The van der Waals surface area contributed by atoms with Crippen molar-refractivity contribution in [2.24, 2.45) is 5.73 Å². The van der Waals surface area contributed by atoms with E-state index < -0.39 is 5.91 Å². The van der Waals surface area contributed by atoms with Gasteiger partial charge in [0.1, 0.15) is 4.70 Å². The maximum Gasteiger partial charge on any atom is 0.277 e. The van der Waals surface area contributed by atoms with Crippen LogP contribution < -0.4 is 5.73 Å². The number of aromatic amines is 1. The first-order valence-corrected chi connectivity index (χ1v) is 6.67. The van der Waals surface area contributed by atoms with Gasteiger partial charge in [-0.3, -0.25) is 9.89 Å². The van der Waals surface area contributed by atoms with E-state index in [1.807, 2.05) is 24.3 Å². The summed E-state index contributed by atoms with van der Waals surface area (Å²) in [4.78, 5) is 15.2. The zero-order valence-electron chi connectivity index (χ0n) is 8.98. The van der Waals surface area contributed by atoms with Gasteiger partial charge >= 0.3 is 0 Å². The van der Waals surface area contributed by atoms with Crippen LogP contribution in [-0.4, -0.2) is 21.1 Å². The Bertz CT molecular complexity index is 748. The molecule has 2 aromatic heterocycles. The van der Waals surface area contributed by atoms with Crippen LogP contribution in [0.4, 0.5) is 0 Å². The average Bonchev–Trinajstić information content (AvgIpc) is 2.89. The lowest BCUT2D eigenvalue weighted by Crippen LogP contribution is -2.09. The van der Waals surface area contributed by atoms with E-state index in [0.717, 1.165) is 20.4 Å². The van der Waals surface area contributed by atoms with E-state index in [4.69, 9.17) is 5.73 Å². The minimum absolute atomic E-state index is 0.273. The van der Waals surface area contributed by atoms with Crippen LogP contribution in [0.25, 0.3) is 21.6 Å². The maximum atomic E-state index is 11.1. The third-order valence-corrected chi connectivity index (χ3v) is 4.23. The number of halogens is 1. The SMILES string of the molecule is NC(=O)c1nc2n[nH]c(-c3ccccc3Br)c2s1. The average molecular weight is 323 g/mol. The molecule has 3 rings (SSSR count). The highest BCUT2D eigenvalue weighted by atomic mass is 79.9. The van der Waals surface area contributed by atoms with E-state index in [2.05, 4.69) is 31.1 Å². The first kappa shape index (κ1) is 11.4. The summed E-state index contributed by atoms with van der Waals surface area (Å²) in [6.45, 7) is 0. The highest BCUT2D eigenvalue weighted by Gasteiger charge is 2.16. The summed E-state index contributed by atoms with van der Waals surface area (Å²) >= 11 is 4.73. The van der Waals surface area contributed by atoms with Crippen molar-refractivity contribution in [3.8, 4) is 11.3 Å². The van der Waals surface area contributed by atoms with Gasteiger partial charge in [-0.25, -0.2) is 4.98 Å². The Balaban J connectivity index is 2.24. The quantitative estimate of drug-likeness (QED) is 0.760. The minimum atomic E-state index is -0.531. The molecule has 0 aliphatic carbocycles. The second kappa shape index (κ2) is 4.18. The number of thiazole rings is 1. The molecule has 2 heterocycles. The van der Waals surface area contributed by atoms with Crippen molar-refractivity contribution in [1.29, 1.82) is 0 Å². The highest BCUT2D eigenvalue weighted by Crippen LogP contribution is 2.34. The van der Waals surface area contributed by atoms with Crippen molar-refractivity contribution in [2.45, 2.75) is 0 Å². The summed E-state index contributed by atoms with van der Waals surface area (Å²) in [5.74, 6) is -0.531. The zero-order valence-corrected chi connectivity index (χ0v) is 11.4. The van der Waals surface area contributed by atoms with Gasteiger partial charge in [-0.1, -0.05) is 34.1 Å². The van der Waals surface area contributed by atoms with Gasteiger partial charge < -0.3 is 5.73 Å². The molecule has 3 N–H and O–H groups in total. The molecule has 0 unspecified atom stereocenters. The van der Waals surface area contributed by atoms with Crippen molar-refractivity contribution < 1.29 is 4.79 Å². The lowest BCUT2D eigenvalue weighted by Gasteiger charge is -2.00. The molecule has 5 nitrogen and oxygen atoms in total. The van der Waals surface area contributed by atoms with Crippen molar-refractivity contribution in [3.05, 3.63) is 33.7 Å². The van der Waals surface area contributed by atoms with E-state index in [0.29, 0.717) is 5.65 Å². The Kier molecular flexibility index (Phi) is 2.64. The molecule has 0 spiro atoms. The Morgan fingerprint density at radius 1 is 1.39 bits per heavy atom. The Hall–Kier alpha value is -1.73. The zero-order chi connectivity index (χ0) is 12.7. The molecule has 0 aliphatic rings. The summed E-state index contributed by atoms with van der Waals surface area (Å²) < 4.78 is 1.78. The van der Waals surface area contributed by atoms with Gasteiger partial charge in [-0.05, 0) is 6.07 Å². The lowest BCUT2D eigenvalue weighted by atomic mass is 10.1. The minimum Gasteiger partial charge on any atom is -0.364 e. The van der Waals surface area contributed by atoms with Crippen LogP contribution in [0.2, 0.25) is 0 Å². The molecule has 18 heavy (non-hydrogen) atoms. The molecule has 0 saturated carbocycles. The smallest absolute Gasteiger partial charge is 0.277 e. The van der Waals surface area contributed by atoms with E-state index in [1.165, 1.54) is 11.3 Å². The Morgan fingerprint density at radius 2 is 2.17 bits per heavy atom. The molecule has 7 heteroatoms. The maximum absolute atomic E-state index is 11.1. The number of fused-ring (bicyclic) bond motifs is 1. The molecule has 1 amide bonds. The Labute approximate surface area is 114 Å². The van der Waals surface area contributed by atoms with E-state index in [9.17, 15) is 4.79 Å². The predicted molar refractivity (Wildman–Crippen MR) is 73.4 cm³/mol. The molecular weight excluding hydrogens is 316 g/mol.